The third-order valence-electron chi connectivity index (χ3n) is 4.25. The summed E-state index contributed by atoms with van der Waals surface area (Å²) < 4.78 is 1.70. The van der Waals surface area contributed by atoms with Gasteiger partial charge in [-0.25, -0.2) is 9.97 Å². The third-order valence-corrected chi connectivity index (χ3v) is 4.25. The summed E-state index contributed by atoms with van der Waals surface area (Å²) in [7, 11) is 0. The highest BCUT2D eigenvalue weighted by Gasteiger charge is 2.11. The van der Waals surface area contributed by atoms with Gasteiger partial charge in [-0.2, -0.15) is 0 Å². The molecule has 2 N–H and O–H groups in total. The van der Waals surface area contributed by atoms with Crippen LogP contribution in [0.5, 0.6) is 0 Å². The summed E-state index contributed by atoms with van der Waals surface area (Å²) in [6.07, 6.45) is 3.42. The van der Waals surface area contributed by atoms with Gasteiger partial charge in [-0.05, 0) is 31.5 Å². The van der Waals surface area contributed by atoms with Crippen LogP contribution in [0.1, 0.15) is 25.5 Å². The van der Waals surface area contributed by atoms with Crippen LogP contribution in [0.3, 0.4) is 0 Å². The van der Waals surface area contributed by atoms with Crippen molar-refractivity contribution in [1.29, 1.82) is 0 Å². The third kappa shape index (κ3) is 3.97. The Kier molecular flexibility index (Phi) is 5.43. The van der Waals surface area contributed by atoms with E-state index in [1.54, 1.807) is 29.1 Å². The molecule has 0 fully saturated rings. The number of aromatic nitrogens is 3. The smallest absolute Gasteiger partial charge is 0.251 e. The van der Waals surface area contributed by atoms with Gasteiger partial charge in [0, 0.05) is 30.1 Å². The van der Waals surface area contributed by atoms with Crippen LogP contribution in [0.4, 0.5) is 5.95 Å². The molecule has 0 spiro atoms. The highest BCUT2D eigenvalue weighted by Crippen LogP contribution is 2.19. The van der Waals surface area contributed by atoms with Crippen molar-refractivity contribution in [3.8, 4) is 11.3 Å². The molecule has 0 amide bonds. The van der Waals surface area contributed by atoms with Crippen molar-refractivity contribution in [2.45, 2.75) is 25.9 Å². The van der Waals surface area contributed by atoms with E-state index in [2.05, 4.69) is 15.3 Å². The van der Waals surface area contributed by atoms with Crippen LogP contribution in [0.25, 0.3) is 11.3 Å². The highest BCUT2D eigenvalue weighted by molar-refractivity contribution is 5.59. The molecular formula is C20H22N4O2. The minimum Gasteiger partial charge on any atom is -0.394 e. The lowest BCUT2D eigenvalue weighted by Crippen LogP contribution is -2.23. The quantitative estimate of drug-likeness (QED) is 0.714. The average Bonchev–Trinajstić information content (AvgIpc) is 2.68. The number of aliphatic hydroxyl groups excluding tert-OH is 1. The standard InChI is InChI=1S/C20H22N4O2/c1-14(13-25)22-20-21-10-8-18(23-20)17-9-11-24(19(26)12-17)15(2)16-6-4-3-5-7-16/h3-12,14-15,25H,13H2,1-2H3,(H,21,22,23). The average molecular weight is 350 g/mol. The highest BCUT2D eigenvalue weighted by atomic mass is 16.3. The number of anilines is 1. The Bertz CT molecular complexity index is 924. The molecule has 2 aromatic heterocycles. The van der Waals surface area contributed by atoms with Crippen LogP contribution >= 0.6 is 0 Å². The van der Waals surface area contributed by atoms with Gasteiger partial charge >= 0.3 is 0 Å². The van der Waals surface area contributed by atoms with Gasteiger partial charge in [0.25, 0.3) is 5.56 Å². The molecule has 2 unspecified atom stereocenters. The summed E-state index contributed by atoms with van der Waals surface area (Å²) in [6.45, 7) is 3.82. The molecule has 0 aliphatic heterocycles. The number of benzene rings is 1. The molecular weight excluding hydrogens is 328 g/mol. The van der Waals surface area contributed by atoms with Crippen molar-refractivity contribution in [3.05, 3.63) is 76.8 Å². The number of rotatable bonds is 6. The van der Waals surface area contributed by atoms with E-state index in [1.807, 2.05) is 50.2 Å². The predicted octanol–water partition coefficient (Wildman–Crippen LogP) is 2.71. The van der Waals surface area contributed by atoms with Crippen LogP contribution in [0.2, 0.25) is 0 Å². The van der Waals surface area contributed by atoms with Gasteiger partial charge in [-0.3, -0.25) is 4.79 Å². The zero-order chi connectivity index (χ0) is 18.5. The molecule has 0 saturated carbocycles. The van der Waals surface area contributed by atoms with Gasteiger partial charge < -0.3 is 15.0 Å². The van der Waals surface area contributed by atoms with E-state index in [-0.39, 0.29) is 24.2 Å². The minimum atomic E-state index is -0.148. The maximum absolute atomic E-state index is 12.6. The van der Waals surface area contributed by atoms with Gasteiger partial charge in [-0.15, -0.1) is 0 Å². The normalized spacial score (nSPS) is 13.2. The Morgan fingerprint density at radius 2 is 1.92 bits per heavy atom. The van der Waals surface area contributed by atoms with E-state index in [0.29, 0.717) is 11.6 Å². The summed E-state index contributed by atoms with van der Waals surface area (Å²) in [5.41, 5.74) is 2.38. The van der Waals surface area contributed by atoms with Crippen LogP contribution in [0.15, 0.2) is 65.7 Å². The predicted molar refractivity (Wildman–Crippen MR) is 102 cm³/mol. The summed E-state index contributed by atoms with van der Waals surface area (Å²) in [5.74, 6) is 0.422. The van der Waals surface area contributed by atoms with Gasteiger partial charge in [0.05, 0.1) is 18.3 Å². The van der Waals surface area contributed by atoms with Gasteiger partial charge in [0.15, 0.2) is 0 Å². The van der Waals surface area contributed by atoms with E-state index in [4.69, 9.17) is 5.11 Å². The van der Waals surface area contributed by atoms with Crippen molar-refractivity contribution in [2.75, 3.05) is 11.9 Å². The fourth-order valence-corrected chi connectivity index (χ4v) is 2.72. The first kappa shape index (κ1) is 17.8. The number of aliphatic hydroxyl groups is 1. The first-order chi connectivity index (χ1) is 12.6. The molecule has 2 atom stereocenters. The van der Waals surface area contributed by atoms with Crippen LogP contribution in [-0.2, 0) is 0 Å². The summed E-state index contributed by atoms with van der Waals surface area (Å²) >= 11 is 0. The Balaban J connectivity index is 1.88. The molecule has 6 heteroatoms. The van der Waals surface area contributed by atoms with Crippen molar-refractivity contribution < 1.29 is 5.11 Å². The second-order valence-electron chi connectivity index (χ2n) is 6.24. The number of nitrogens with one attached hydrogen (secondary N) is 1. The van der Waals surface area contributed by atoms with E-state index in [0.717, 1.165) is 11.1 Å². The molecule has 3 aromatic rings. The molecule has 0 saturated heterocycles. The molecule has 1 aromatic carbocycles. The molecule has 0 bridgehead atoms. The zero-order valence-corrected chi connectivity index (χ0v) is 14.8. The van der Waals surface area contributed by atoms with Crippen LogP contribution in [-0.4, -0.2) is 32.3 Å². The number of hydrogen-bond donors (Lipinski definition) is 2. The maximum atomic E-state index is 12.6. The molecule has 26 heavy (non-hydrogen) atoms. The van der Waals surface area contributed by atoms with Gasteiger partial charge in [0.2, 0.25) is 5.95 Å². The fraction of sp³-hybridized carbons (Fsp3) is 0.250. The molecule has 6 nitrogen and oxygen atoms in total. The first-order valence-corrected chi connectivity index (χ1v) is 8.56. The lowest BCUT2D eigenvalue weighted by molar-refractivity contribution is 0.281. The van der Waals surface area contributed by atoms with E-state index >= 15 is 0 Å². The van der Waals surface area contributed by atoms with E-state index in [9.17, 15) is 4.79 Å². The number of nitrogens with zero attached hydrogens (tertiary/aromatic N) is 3. The van der Waals surface area contributed by atoms with Crippen LogP contribution < -0.4 is 10.9 Å². The Labute approximate surface area is 152 Å². The van der Waals surface area contributed by atoms with Crippen molar-refractivity contribution >= 4 is 5.95 Å². The Hall–Kier alpha value is -2.99. The summed E-state index contributed by atoms with van der Waals surface area (Å²) in [4.78, 5) is 21.2. The summed E-state index contributed by atoms with van der Waals surface area (Å²) in [5, 5.41) is 12.1. The largest absolute Gasteiger partial charge is 0.394 e. The minimum absolute atomic E-state index is 0.0129. The maximum Gasteiger partial charge on any atom is 0.251 e. The lowest BCUT2D eigenvalue weighted by atomic mass is 10.1. The van der Waals surface area contributed by atoms with Crippen molar-refractivity contribution in [3.63, 3.8) is 0 Å². The monoisotopic (exact) mass is 350 g/mol. The molecule has 0 radical (unpaired) electrons. The molecule has 134 valence electrons. The van der Waals surface area contributed by atoms with Crippen molar-refractivity contribution in [1.82, 2.24) is 14.5 Å². The number of hydrogen-bond acceptors (Lipinski definition) is 5. The number of pyridine rings is 1. The van der Waals surface area contributed by atoms with Gasteiger partial charge in [0.1, 0.15) is 0 Å². The Morgan fingerprint density at radius 1 is 1.15 bits per heavy atom. The first-order valence-electron chi connectivity index (χ1n) is 8.56. The fourth-order valence-electron chi connectivity index (χ4n) is 2.72. The molecule has 2 heterocycles. The van der Waals surface area contributed by atoms with E-state index in [1.165, 1.54) is 0 Å². The van der Waals surface area contributed by atoms with Crippen LogP contribution in [0, 0.1) is 0 Å². The molecule has 3 rings (SSSR count). The second kappa shape index (κ2) is 7.93. The Morgan fingerprint density at radius 3 is 2.62 bits per heavy atom. The lowest BCUT2D eigenvalue weighted by Gasteiger charge is -2.16. The SMILES string of the molecule is CC(CO)Nc1nccc(-c2ccn(C(C)c3ccccc3)c(=O)c2)n1. The molecule has 0 aliphatic rings. The molecule has 0 aliphatic carbocycles. The topological polar surface area (TPSA) is 80.0 Å². The van der Waals surface area contributed by atoms with Gasteiger partial charge in [-0.1, -0.05) is 30.3 Å². The second-order valence-corrected chi connectivity index (χ2v) is 6.24. The summed E-state index contributed by atoms with van der Waals surface area (Å²) in [6, 6.07) is 14.9. The zero-order valence-electron chi connectivity index (χ0n) is 14.8. The van der Waals surface area contributed by atoms with E-state index < -0.39 is 0 Å². The van der Waals surface area contributed by atoms with Crippen molar-refractivity contribution in [2.24, 2.45) is 0 Å².